The van der Waals surface area contributed by atoms with Crippen LogP contribution in [-0.2, 0) is 0 Å². The van der Waals surface area contributed by atoms with Gasteiger partial charge in [-0.05, 0) is 42.6 Å². The fraction of sp³-hybridized carbons (Fsp3) is 0.462. The van der Waals surface area contributed by atoms with Crippen LogP contribution in [-0.4, -0.2) is 19.1 Å². The second-order valence-electron chi connectivity index (χ2n) is 4.86. The quantitative estimate of drug-likeness (QED) is 0.786. The number of carbonyl (C=O) groups is 1. The Morgan fingerprint density at radius 3 is 2.35 bits per heavy atom. The molecule has 0 atom stereocenters. The molecule has 0 aliphatic carbocycles. The lowest BCUT2D eigenvalue weighted by molar-refractivity contribution is 0.100. The van der Waals surface area contributed by atoms with Gasteiger partial charge in [-0.2, -0.15) is 0 Å². The maximum Gasteiger partial charge on any atom is 0.248 e. The monoisotopic (exact) mass is 236 g/mol. The molecule has 0 heterocycles. The normalized spacial score (nSPS) is 11.2. The topological polar surface area (TPSA) is 78.3 Å². The van der Waals surface area contributed by atoms with Crippen LogP contribution in [0.4, 0.5) is 0 Å². The SMILES string of the molecule is CC(C)(CN)CCOc1ccc(C(N)=O)cc1. The van der Waals surface area contributed by atoms with E-state index < -0.39 is 5.91 Å². The highest BCUT2D eigenvalue weighted by Gasteiger charge is 2.15. The van der Waals surface area contributed by atoms with E-state index in [1.807, 2.05) is 0 Å². The number of carbonyl (C=O) groups excluding carboxylic acids is 1. The molecule has 4 N–H and O–H groups in total. The molecule has 0 spiro atoms. The Labute approximate surface area is 102 Å². The van der Waals surface area contributed by atoms with Crippen LogP contribution in [0.3, 0.4) is 0 Å². The zero-order chi connectivity index (χ0) is 12.9. The summed E-state index contributed by atoms with van der Waals surface area (Å²) in [5.41, 5.74) is 11.4. The second-order valence-corrected chi connectivity index (χ2v) is 4.86. The van der Waals surface area contributed by atoms with Crippen molar-refractivity contribution in [3.8, 4) is 5.75 Å². The summed E-state index contributed by atoms with van der Waals surface area (Å²) in [7, 11) is 0. The van der Waals surface area contributed by atoms with Gasteiger partial charge in [0.25, 0.3) is 0 Å². The van der Waals surface area contributed by atoms with Crippen molar-refractivity contribution in [1.29, 1.82) is 0 Å². The van der Waals surface area contributed by atoms with Crippen molar-refractivity contribution in [1.82, 2.24) is 0 Å². The van der Waals surface area contributed by atoms with Crippen molar-refractivity contribution >= 4 is 5.91 Å². The van der Waals surface area contributed by atoms with Crippen LogP contribution in [0.15, 0.2) is 24.3 Å². The fourth-order valence-electron chi connectivity index (χ4n) is 1.26. The largest absolute Gasteiger partial charge is 0.494 e. The number of nitrogens with two attached hydrogens (primary N) is 2. The molecule has 0 fully saturated rings. The zero-order valence-electron chi connectivity index (χ0n) is 10.4. The highest BCUT2D eigenvalue weighted by molar-refractivity contribution is 5.92. The van der Waals surface area contributed by atoms with Crippen molar-refractivity contribution < 1.29 is 9.53 Å². The van der Waals surface area contributed by atoms with E-state index in [1.165, 1.54) is 0 Å². The standard InChI is InChI=1S/C13H20N2O2/c1-13(2,9-14)7-8-17-11-5-3-10(4-6-11)12(15)16/h3-6H,7-9,14H2,1-2H3,(H2,15,16). The summed E-state index contributed by atoms with van der Waals surface area (Å²) in [5.74, 6) is 0.309. The molecule has 0 radical (unpaired) electrons. The maximum atomic E-state index is 10.9. The highest BCUT2D eigenvalue weighted by Crippen LogP contribution is 2.19. The third-order valence-corrected chi connectivity index (χ3v) is 2.74. The van der Waals surface area contributed by atoms with E-state index >= 15 is 0 Å². The van der Waals surface area contributed by atoms with Gasteiger partial charge in [-0.15, -0.1) is 0 Å². The molecule has 0 saturated heterocycles. The summed E-state index contributed by atoms with van der Waals surface area (Å²) in [6.07, 6.45) is 0.890. The van der Waals surface area contributed by atoms with E-state index in [0.717, 1.165) is 12.2 Å². The predicted octanol–water partition coefficient (Wildman–Crippen LogP) is 1.54. The molecule has 1 amide bonds. The summed E-state index contributed by atoms with van der Waals surface area (Å²) in [6, 6.07) is 6.81. The van der Waals surface area contributed by atoms with E-state index in [9.17, 15) is 4.79 Å². The second kappa shape index (κ2) is 5.68. The Balaban J connectivity index is 2.45. The first-order valence-electron chi connectivity index (χ1n) is 5.67. The summed E-state index contributed by atoms with van der Waals surface area (Å²) >= 11 is 0. The van der Waals surface area contributed by atoms with Crippen molar-refractivity contribution in [2.45, 2.75) is 20.3 Å². The summed E-state index contributed by atoms with van der Waals surface area (Å²) in [6.45, 7) is 5.45. The van der Waals surface area contributed by atoms with Crippen LogP contribution in [0.2, 0.25) is 0 Å². The fourth-order valence-corrected chi connectivity index (χ4v) is 1.26. The van der Waals surface area contributed by atoms with Gasteiger partial charge in [-0.1, -0.05) is 13.8 Å². The number of amides is 1. The van der Waals surface area contributed by atoms with Gasteiger partial charge in [0, 0.05) is 5.56 Å². The lowest BCUT2D eigenvalue weighted by Gasteiger charge is -2.22. The molecule has 4 heteroatoms. The molecule has 1 aromatic rings. The van der Waals surface area contributed by atoms with Gasteiger partial charge in [-0.3, -0.25) is 4.79 Å². The van der Waals surface area contributed by atoms with Crippen LogP contribution in [0.1, 0.15) is 30.6 Å². The number of rotatable bonds is 6. The summed E-state index contributed by atoms with van der Waals surface area (Å²) in [4.78, 5) is 10.9. The van der Waals surface area contributed by atoms with Gasteiger partial charge in [-0.25, -0.2) is 0 Å². The smallest absolute Gasteiger partial charge is 0.248 e. The first kappa shape index (κ1) is 13.5. The predicted molar refractivity (Wildman–Crippen MR) is 67.9 cm³/mol. The minimum Gasteiger partial charge on any atom is -0.494 e. The lowest BCUT2D eigenvalue weighted by atomic mass is 9.90. The number of hydrogen-bond acceptors (Lipinski definition) is 3. The van der Waals surface area contributed by atoms with Crippen LogP contribution < -0.4 is 16.2 Å². The Morgan fingerprint density at radius 2 is 1.88 bits per heavy atom. The van der Waals surface area contributed by atoms with E-state index in [4.69, 9.17) is 16.2 Å². The summed E-state index contributed by atoms with van der Waals surface area (Å²) < 4.78 is 5.57. The number of benzene rings is 1. The van der Waals surface area contributed by atoms with Crippen molar-refractivity contribution in [3.05, 3.63) is 29.8 Å². The Bertz CT molecular complexity index is 372. The third-order valence-electron chi connectivity index (χ3n) is 2.74. The van der Waals surface area contributed by atoms with Crippen molar-refractivity contribution in [2.24, 2.45) is 16.9 Å². The minimum absolute atomic E-state index is 0.0904. The molecule has 0 bridgehead atoms. The molecule has 0 aliphatic heterocycles. The Morgan fingerprint density at radius 1 is 1.29 bits per heavy atom. The van der Waals surface area contributed by atoms with Gasteiger partial charge in [0.05, 0.1) is 6.61 Å². The van der Waals surface area contributed by atoms with Gasteiger partial charge in [0.1, 0.15) is 5.75 Å². The molecule has 1 aromatic carbocycles. The van der Waals surface area contributed by atoms with Gasteiger partial charge < -0.3 is 16.2 Å². The average Bonchev–Trinajstić information content (AvgIpc) is 2.29. The van der Waals surface area contributed by atoms with Crippen molar-refractivity contribution in [3.63, 3.8) is 0 Å². The zero-order valence-corrected chi connectivity index (χ0v) is 10.4. The molecular formula is C13H20N2O2. The van der Waals surface area contributed by atoms with E-state index in [-0.39, 0.29) is 5.41 Å². The third kappa shape index (κ3) is 4.44. The van der Waals surface area contributed by atoms with Crippen LogP contribution in [0.5, 0.6) is 5.75 Å². The van der Waals surface area contributed by atoms with E-state index in [0.29, 0.717) is 18.7 Å². The molecule has 0 saturated carbocycles. The first-order chi connectivity index (χ1) is 7.94. The van der Waals surface area contributed by atoms with Gasteiger partial charge in [0.15, 0.2) is 0 Å². The van der Waals surface area contributed by atoms with Crippen LogP contribution in [0.25, 0.3) is 0 Å². The van der Waals surface area contributed by atoms with Crippen LogP contribution >= 0.6 is 0 Å². The highest BCUT2D eigenvalue weighted by atomic mass is 16.5. The minimum atomic E-state index is -0.430. The molecule has 4 nitrogen and oxygen atoms in total. The molecular weight excluding hydrogens is 216 g/mol. The van der Waals surface area contributed by atoms with Crippen LogP contribution in [0, 0.1) is 5.41 Å². The molecule has 17 heavy (non-hydrogen) atoms. The molecule has 0 aromatic heterocycles. The first-order valence-corrected chi connectivity index (χ1v) is 5.67. The number of hydrogen-bond donors (Lipinski definition) is 2. The maximum absolute atomic E-state index is 10.9. The lowest BCUT2D eigenvalue weighted by Crippen LogP contribution is -2.25. The van der Waals surface area contributed by atoms with Gasteiger partial charge >= 0.3 is 0 Å². The van der Waals surface area contributed by atoms with E-state index in [2.05, 4.69) is 13.8 Å². The molecule has 1 rings (SSSR count). The van der Waals surface area contributed by atoms with Gasteiger partial charge in [0.2, 0.25) is 5.91 Å². The molecule has 0 unspecified atom stereocenters. The van der Waals surface area contributed by atoms with Crippen molar-refractivity contribution in [2.75, 3.05) is 13.2 Å². The number of primary amides is 1. The van der Waals surface area contributed by atoms with E-state index in [1.54, 1.807) is 24.3 Å². The summed E-state index contributed by atoms with van der Waals surface area (Å²) in [5, 5.41) is 0. The molecule has 0 aliphatic rings. The average molecular weight is 236 g/mol. The Kier molecular flexibility index (Phi) is 4.52. The molecule has 94 valence electrons. The Hall–Kier alpha value is -1.55. The number of ether oxygens (including phenoxy) is 1.